The average molecular weight is 494 g/mol. The number of likely N-dealkylation sites (tertiary alicyclic amines) is 1. The lowest BCUT2D eigenvalue weighted by Gasteiger charge is -2.48. The number of hydrogen-bond acceptors (Lipinski definition) is 8. The first-order valence-electron chi connectivity index (χ1n) is 11.7. The van der Waals surface area contributed by atoms with Gasteiger partial charge in [0.15, 0.2) is 6.73 Å². The molecule has 190 valence electrons. The zero-order valence-electron chi connectivity index (χ0n) is 21.5. The number of aromatic nitrogens is 5. The molecule has 3 aromatic heterocycles. The van der Waals surface area contributed by atoms with Crippen molar-refractivity contribution >= 4 is 23.1 Å². The summed E-state index contributed by atoms with van der Waals surface area (Å²) >= 11 is 0. The van der Waals surface area contributed by atoms with Crippen LogP contribution in [0.25, 0.3) is 22.3 Å². The minimum absolute atomic E-state index is 0.0428. The maximum atomic E-state index is 12.4. The second-order valence-electron chi connectivity index (χ2n) is 11.1. The molecule has 0 saturated carbocycles. The summed E-state index contributed by atoms with van der Waals surface area (Å²) in [5.74, 6) is -0.302. The molecule has 1 saturated heterocycles. The molecule has 0 bridgehead atoms. The zero-order valence-corrected chi connectivity index (χ0v) is 21.5. The highest BCUT2D eigenvalue weighted by Gasteiger charge is 2.48. The van der Waals surface area contributed by atoms with Crippen LogP contribution in [0.1, 0.15) is 48.0 Å². The summed E-state index contributed by atoms with van der Waals surface area (Å²) in [7, 11) is 0. The average Bonchev–Trinajstić information content (AvgIpc) is 3.39. The van der Waals surface area contributed by atoms with Crippen molar-refractivity contribution < 1.29 is 19.1 Å². The number of rotatable bonds is 5. The van der Waals surface area contributed by atoms with Gasteiger partial charge in [0.25, 0.3) is 0 Å². The van der Waals surface area contributed by atoms with Crippen LogP contribution in [0.3, 0.4) is 0 Å². The van der Waals surface area contributed by atoms with Gasteiger partial charge in [0.1, 0.15) is 23.1 Å². The highest BCUT2D eigenvalue weighted by molar-refractivity contribution is 5.90. The smallest absolute Gasteiger partial charge is 0.410 e. The molecular weight excluding hydrogens is 462 g/mol. The third-order valence-electron chi connectivity index (χ3n) is 5.88. The van der Waals surface area contributed by atoms with Crippen molar-refractivity contribution in [2.24, 2.45) is 5.41 Å². The lowest BCUT2D eigenvalue weighted by molar-refractivity contribution is -0.156. The Bertz CT molecular complexity index is 1330. The van der Waals surface area contributed by atoms with E-state index in [-0.39, 0.29) is 19.1 Å². The predicted molar refractivity (Wildman–Crippen MR) is 130 cm³/mol. The molecule has 11 nitrogen and oxygen atoms in total. The van der Waals surface area contributed by atoms with Gasteiger partial charge < -0.3 is 14.4 Å². The van der Waals surface area contributed by atoms with Gasteiger partial charge in [-0.3, -0.25) is 14.0 Å². The minimum Gasteiger partial charge on any atom is -0.444 e. The van der Waals surface area contributed by atoms with Gasteiger partial charge in [0.05, 0.1) is 42.9 Å². The number of ether oxygens (including phenoxy) is 2. The van der Waals surface area contributed by atoms with E-state index in [2.05, 4.69) is 21.1 Å². The monoisotopic (exact) mass is 493 g/mol. The molecule has 0 aliphatic carbocycles. The second-order valence-corrected chi connectivity index (χ2v) is 11.1. The number of nitrogens with zero attached hydrogens (tertiary/aromatic N) is 7. The molecule has 0 atom stereocenters. The summed E-state index contributed by atoms with van der Waals surface area (Å²) in [6, 6.07) is 4.09. The fraction of sp³-hybridized carbons (Fsp3) is 0.520. The van der Waals surface area contributed by atoms with Crippen molar-refractivity contribution in [3.8, 4) is 17.3 Å². The van der Waals surface area contributed by atoms with Crippen LogP contribution >= 0.6 is 0 Å². The van der Waals surface area contributed by atoms with E-state index in [1.54, 1.807) is 47.3 Å². The third-order valence-corrected chi connectivity index (χ3v) is 5.88. The van der Waals surface area contributed by atoms with Crippen LogP contribution in [-0.2, 0) is 26.5 Å². The van der Waals surface area contributed by atoms with E-state index in [9.17, 15) is 14.9 Å². The largest absolute Gasteiger partial charge is 0.444 e. The Hall–Kier alpha value is -3.94. The number of amides is 1. The van der Waals surface area contributed by atoms with Gasteiger partial charge in [0.2, 0.25) is 0 Å². The van der Waals surface area contributed by atoms with Crippen LogP contribution in [-0.4, -0.2) is 60.0 Å². The van der Waals surface area contributed by atoms with E-state index >= 15 is 0 Å². The molecule has 1 aliphatic heterocycles. The molecule has 4 rings (SSSR count). The fourth-order valence-electron chi connectivity index (χ4n) is 3.99. The van der Waals surface area contributed by atoms with Crippen LogP contribution in [0.2, 0.25) is 0 Å². The number of carbonyl (C=O) groups excluding carboxylic acids is 2. The van der Waals surface area contributed by atoms with E-state index in [1.807, 2.05) is 33.0 Å². The molecule has 0 radical (unpaired) electrons. The SMILES string of the molecule is CC(C)(C)OC(=O)N1CC(CC#N)(n2cc(-c3ncnc4c3ccn4COC(=O)C(C)(C)C)cn2)C1. The van der Waals surface area contributed by atoms with Gasteiger partial charge >= 0.3 is 12.1 Å². The summed E-state index contributed by atoms with van der Waals surface area (Å²) in [6.45, 7) is 11.5. The van der Waals surface area contributed by atoms with Crippen molar-refractivity contribution in [2.45, 2.75) is 65.8 Å². The Morgan fingerprint density at radius 3 is 2.53 bits per heavy atom. The van der Waals surface area contributed by atoms with E-state index in [0.29, 0.717) is 24.4 Å². The molecule has 1 aliphatic rings. The first-order valence-corrected chi connectivity index (χ1v) is 11.7. The third kappa shape index (κ3) is 4.89. The zero-order chi connectivity index (χ0) is 26.3. The van der Waals surface area contributed by atoms with Crippen molar-refractivity contribution in [2.75, 3.05) is 13.1 Å². The molecule has 1 fully saturated rings. The topological polar surface area (TPSA) is 128 Å². The Kier molecular flexibility index (Phi) is 6.24. The predicted octanol–water partition coefficient (Wildman–Crippen LogP) is 3.70. The van der Waals surface area contributed by atoms with Crippen LogP contribution in [0, 0.1) is 16.7 Å². The van der Waals surface area contributed by atoms with Gasteiger partial charge in [-0.2, -0.15) is 10.4 Å². The van der Waals surface area contributed by atoms with Gasteiger partial charge in [0, 0.05) is 23.3 Å². The van der Waals surface area contributed by atoms with Crippen LogP contribution in [0.15, 0.2) is 31.0 Å². The first kappa shape index (κ1) is 25.2. The summed E-state index contributed by atoms with van der Waals surface area (Å²) in [4.78, 5) is 35.0. The number of fused-ring (bicyclic) bond motifs is 1. The van der Waals surface area contributed by atoms with Crippen molar-refractivity contribution in [3.63, 3.8) is 0 Å². The summed E-state index contributed by atoms with van der Waals surface area (Å²) in [5, 5.41) is 14.8. The van der Waals surface area contributed by atoms with Gasteiger partial charge in [-0.05, 0) is 47.6 Å². The number of hydrogen-bond donors (Lipinski definition) is 0. The van der Waals surface area contributed by atoms with E-state index < -0.39 is 22.6 Å². The molecule has 0 aromatic carbocycles. The standard InChI is InChI=1S/C25H31N7O4/c1-23(2,3)21(33)35-16-30-10-7-18-19(27-15-28-20(18)30)17-11-29-32(12-17)25(8-9-26)13-31(14-25)22(34)36-24(4,5)6/h7,10-12,15H,8,13-14,16H2,1-6H3. The molecule has 0 unspecified atom stereocenters. The summed E-state index contributed by atoms with van der Waals surface area (Å²) in [6.07, 6.45) is 6.56. The Balaban J connectivity index is 1.56. The summed E-state index contributed by atoms with van der Waals surface area (Å²) < 4.78 is 14.4. The van der Waals surface area contributed by atoms with Crippen molar-refractivity contribution in [3.05, 3.63) is 31.0 Å². The Labute approximate surface area is 209 Å². The molecule has 4 heterocycles. The van der Waals surface area contributed by atoms with Crippen LogP contribution < -0.4 is 0 Å². The van der Waals surface area contributed by atoms with E-state index in [4.69, 9.17) is 9.47 Å². The minimum atomic E-state index is -0.636. The maximum absolute atomic E-state index is 12.4. The Morgan fingerprint density at radius 2 is 1.89 bits per heavy atom. The van der Waals surface area contributed by atoms with E-state index in [1.165, 1.54) is 6.33 Å². The molecule has 0 N–H and O–H groups in total. The van der Waals surface area contributed by atoms with Crippen LogP contribution in [0.5, 0.6) is 0 Å². The quantitative estimate of drug-likeness (QED) is 0.492. The highest BCUT2D eigenvalue weighted by Crippen LogP contribution is 2.35. The molecule has 3 aromatic rings. The maximum Gasteiger partial charge on any atom is 0.410 e. The van der Waals surface area contributed by atoms with Gasteiger partial charge in [-0.15, -0.1) is 0 Å². The second kappa shape index (κ2) is 8.93. The number of esters is 1. The molecular formula is C25H31N7O4. The summed E-state index contributed by atoms with van der Waals surface area (Å²) in [5.41, 5.74) is 0.216. The van der Waals surface area contributed by atoms with Crippen molar-refractivity contribution in [1.29, 1.82) is 5.26 Å². The fourth-order valence-corrected chi connectivity index (χ4v) is 3.99. The first-order chi connectivity index (χ1) is 16.8. The molecule has 36 heavy (non-hydrogen) atoms. The normalized spacial score (nSPS) is 15.3. The molecule has 1 amide bonds. The number of carbonyl (C=O) groups is 2. The van der Waals surface area contributed by atoms with Gasteiger partial charge in [-0.1, -0.05) is 0 Å². The Morgan fingerprint density at radius 1 is 1.17 bits per heavy atom. The van der Waals surface area contributed by atoms with E-state index in [0.717, 1.165) is 10.9 Å². The van der Waals surface area contributed by atoms with Crippen molar-refractivity contribution in [1.82, 2.24) is 29.2 Å². The van der Waals surface area contributed by atoms with Crippen LogP contribution in [0.4, 0.5) is 4.79 Å². The highest BCUT2D eigenvalue weighted by atomic mass is 16.6. The molecule has 11 heteroatoms. The lowest BCUT2D eigenvalue weighted by atomic mass is 9.87. The number of nitriles is 1. The van der Waals surface area contributed by atoms with Gasteiger partial charge in [-0.25, -0.2) is 14.8 Å². The molecule has 0 spiro atoms. The lowest BCUT2D eigenvalue weighted by Crippen LogP contribution is -2.64.